The van der Waals surface area contributed by atoms with Crippen LogP contribution >= 0.6 is 27.5 Å². The number of benzene rings is 1. The predicted molar refractivity (Wildman–Crippen MR) is 81.8 cm³/mol. The van der Waals surface area contributed by atoms with E-state index in [4.69, 9.17) is 17.3 Å². The third-order valence-electron chi connectivity index (χ3n) is 4.05. The van der Waals surface area contributed by atoms with Crippen LogP contribution in [0, 0.1) is 11.7 Å². The Labute approximate surface area is 127 Å². The van der Waals surface area contributed by atoms with Crippen molar-refractivity contribution >= 4 is 27.5 Å². The van der Waals surface area contributed by atoms with E-state index in [2.05, 4.69) is 15.9 Å². The summed E-state index contributed by atoms with van der Waals surface area (Å²) in [7, 11) is 0. The Morgan fingerprint density at radius 2 is 2.00 bits per heavy atom. The molecule has 1 aliphatic carbocycles. The van der Waals surface area contributed by atoms with Gasteiger partial charge in [0, 0.05) is 16.1 Å². The topological polar surface area (TPSA) is 26.0 Å². The Kier molecular flexibility index (Phi) is 5.67. The highest BCUT2D eigenvalue weighted by atomic mass is 79.9. The van der Waals surface area contributed by atoms with E-state index >= 15 is 0 Å². The molecule has 0 heterocycles. The lowest BCUT2D eigenvalue weighted by atomic mass is 9.84. The van der Waals surface area contributed by atoms with Gasteiger partial charge in [-0.2, -0.15) is 0 Å². The largest absolute Gasteiger partial charge is 0.324 e. The first kappa shape index (κ1) is 15.3. The predicted octanol–water partition coefficient (Wildman–Crippen LogP) is 5.60. The fraction of sp³-hybridized carbons (Fsp3) is 0.600. The van der Waals surface area contributed by atoms with E-state index in [9.17, 15) is 4.39 Å². The van der Waals surface area contributed by atoms with Crippen LogP contribution in [0.25, 0.3) is 0 Å². The van der Waals surface area contributed by atoms with E-state index in [0.717, 1.165) is 18.8 Å². The Balaban J connectivity index is 1.95. The standard InChI is InChI=1S/C15H20BrClFN/c16-12-9-14(18)11(8-13(12)17)15(19)7-6-10-4-2-1-3-5-10/h8-10,15H,1-7,19H2. The zero-order valence-corrected chi connectivity index (χ0v) is 13.3. The van der Waals surface area contributed by atoms with Gasteiger partial charge in [-0.3, -0.25) is 0 Å². The molecule has 1 saturated carbocycles. The molecule has 1 atom stereocenters. The average Bonchev–Trinajstić information content (AvgIpc) is 2.41. The number of hydrogen-bond acceptors (Lipinski definition) is 1. The molecule has 0 spiro atoms. The molecule has 0 saturated heterocycles. The van der Waals surface area contributed by atoms with Gasteiger partial charge in [0.15, 0.2) is 0 Å². The summed E-state index contributed by atoms with van der Waals surface area (Å²) in [5.41, 5.74) is 6.65. The number of rotatable bonds is 4. The van der Waals surface area contributed by atoms with Gasteiger partial charge in [0.25, 0.3) is 0 Å². The van der Waals surface area contributed by atoms with Crippen molar-refractivity contribution in [1.82, 2.24) is 0 Å². The van der Waals surface area contributed by atoms with Crippen molar-refractivity contribution in [3.63, 3.8) is 0 Å². The second-order valence-electron chi connectivity index (χ2n) is 5.48. The van der Waals surface area contributed by atoms with Crippen molar-refractivity contribution in [3.8, 4) is 0 Å². The van der Waals surface area contributed by atoms with Gasteiger partial charge in [0.1, 0.15) is 5.82 Å². The van der Waals surface area contributed by atoms with E-state index in [1.54, 1.807) is 6.07 Å². The van der Waals surface area contributed by atoms with Crippen molar-refractivity contribution < 1.29 is 4.39 Å². The van der Waals surface area contributed by atoms with Crippen molar-refractivity contribution in [3.05, 3.63) is 33.0 Å². The van der Waals surface area contributed by atoms with Crippen LogP contribution in [-0.4, -0.2) is 0 Å². The molecule has 0 bridgehead atoms. The molecule has 19 heavy (non-hydrogen) atoms. The Hall–Kier alpha value is -0.120. The molecule has 1 aromatic rings. The van der Waals surface area contributed by atoms with Gasteiger partial charge >= 0.3 is 0 Å². The van der Waals surface area contributed by atoms with Crippen molar-refractivity contribution in [2.24, 2.45) is 11.7 Å². The van der Waals surface area contributed by atoms with Crippen molar-refractivity contribution in [1.29, 1.82) is 0 Å². The third-order valence-corrected chi connectivity index (χ3v) is 5.25. The molecule has 106 valence electrons. The SMILES string of the molecule is NC(CCC1CCCCC1)c1cc(Cl)c(Br)cc1F. The van der Waals surface area contributed by atoms with Crippen LogP contribution in [0.4, 0.5) is 4.39 Å². The monoisotopic (exact) mass is 347 g/mol. The molecular weight excluding hydrogens is 329 g/mol. The summed E-state index contributed by atoms with van der Waals surface area (Å²) in [6.07, 6.45) is 8.55. The summed E-state index contributed by atoms with van der Waals surface area (Å²) in [5, 5.41) is 0.518. The van der Waals surface area contributed by atoms with Crippen molar-refractivity contribution in [2.75, 3.05) is 0 Å². The zero-order chi connectivity index (χ0) is 13.8. The quantitative estimate of drug-likeness (QED) is 0.704. The van der Waals surface area contributed by atoms with Crippen LogP contribution in [-0.2, 0) is 0 Å². The molecule has 1 unspecified atom stereocenters. The smallest absolute Gasteiger partial charge is 0.129 e. The Morgan fingerprint density at radius 1 is 1.32 bits per heavy atom. The van der Waals surface area contributed by atoms with E-state index in [0.29, 0.717) is 15.1 Å². The summed E-state index contributed by atoms with van der Waals surface area (Å²) in [6.45, 7) is 0. The minimum Gasteiger partial charge on any atom is -0.324 e. The molecule has 1 nitrogen and oxygen atoms in total. The fourth-order valence-corrected chi connectivity index (χ4v) is 3.36. The fourth-order valence-electron chi connectivity index (χ4n) is 2.87. The number of hydrogen-bond donors (Lipinski definition) is 1. The summed E-state index contributed by atoms with van der Waals surface area (Å²) >= 11 is 9.23. The molecule has 4 heteroatoms. The van der Waals surface area contributed by atoms with Crippen molar-refractivity contribution in [2.45, 2.75) is 51.0 Å². The zero-order valence-electron chi connectivity index (χ0n) is 11.0. The molecule has 0 aromatic heterocycles. The van der Waals surface area contributed by atoms with Crippen LogP contribution < -0.4 is 5.73 Å². The highest BCUT2D eigenvalue weighted by Gasteiger charge is 2.18. The van der Waals surface area contributed by atoms with Gasteiger partial charge in [-0.15, -0.1) is 0 Å². The first-order valence-electron chi connectivity index (χ1n) is 6.98. The first-order chi connectivity index (χ1) is 9.08. The summed E-state index contributed by atoms with van der Waals surface area (Å²) in [4.78, 5) is 0. The molecular formula is C15H20BrClFN. The maximum absolute atomic E-state index is 13.9. The Bertz CT molecular complexity index is 432. The lowest BCUT2D eigenvalue weighted by Crippen LogP contribution is -2.15. The van der Waals surface area contributed by atoms with Gasteiger partial charge in [-0.05, 0) is 46.8 Å². The highest BCUT2D eigenvalue weighted by Crippen LogP contribution is 2.32. The van der Waals surface area contributed by atoms with Gasteiger partial charge in [-0.25, -0.2) is 4.39 Å². The van der Waals surface area contributed by atoms with E-state index in [1.807, 2.05) is 0 Å². The summed E-state index contributed by atoms with van der Waals surface area (Å²) < 4.78 is 14.5. The molecule has 1 aromatic carbocycles. The average molecular weight is 349 g/mol. The molecule has 0 aliphatic heterocycles. The lowest BCUT2D eigenvalue weighted by Gasteiger charge is -2.23. The van der Waals surface area contributed by atoms with E-state index in [-0.39, 0.29) is 11.9 Å². The minimum atomic E-state index is -0.271. The van der Waals surface area contributed by atoms with Gasteiger partial charge in [0.05, 0.1) is 5.02 Å². The Morgan fingerprint density at radius 3 is 2.68 bits per heavy atom. The second-order valence-corrected chi connectivity index (χ2v) is 6.74. The summed E-state index contributed by atoms with van der Waals surface area (Å²) in [6, 6.07) is 2.79. The van der Waals surface area contributed by atoms with Gasteiger partial charge in [-0.1, -0.05) is 43.7 Å². The van der Waals surface area contributed by atoms with Gasteiger partial charge < -0.3 is 5.73 Å². The third kappa shape index (κ3) is 4.17. The highest BCUT2D eigenvalue weighted by molar-refractivity contribution is 9.10. The number of nitrogens with two attached hydrogens (primary N) is 1. The van der Waals surface area contributed by atoms with Crippen LogP contribution in [0.2, 0.25) is 5.02 Å². The molecule has 0 amide bonds. The van der Waals surface area contributed by atoms with Crippen LogP contribution in [0.5, 0.6) is 0 Å². The maximum atomic E-state index is 13.9. The summed E-state index contributed by atoms with van der Waals surface area (Å²) in [5.74, 6) is 0.501. The molecule has 2 rings (SSSR count). The van der Waals surface area contributed by atoms with E-state index < -0.39 is 0 Å². The van der Waals surface area contributed by atoms with E-state index in [1.165, 1.54) is 38.2 Å². The lowest BCUT2D eigenvalue weighted by molar-refractivity contribution is 0.323. The van der Waals surface area contributed by atoms with Crippen LogP contribution in [0.3, 0.4) is 0 Å². The molecule has 1 aliphatic rings. The normalized spacial score (nSPS) is 18.5. The molecule has 1 fully saturated rings. The molecule has 0 radical (unpaired) electrons. The van der Waals surface area contributed by atoms with Gasteiger partial charge in [0.2, 0.25) is 0 Å². The molecule has 2 N–H and O–H groups in total. The minimum absolute atomic E-state index is 0.257. The van der Waals surface area contributed by atoms with Crippen LogP contribution in [0.1, 0.15) is 56.6 Å². The first-order valence-corrected chi connectivity index (χ1v) is 8.15. The second kappa shape index (κ2) is 7.05. The number of halogens is 3. The van der Waals surface area contributed by atoms with Crippen LogP contribution in [0.15, 0.2) is 16.6 Å². The maximum Gasteiger partial charge on any atom is 0.129 e.